The smallest absolute Gasteiger partial charge is 0.219 e. The van der Waals surface area contributed by atoms with Crippen LogP contribution in [0.25, 0.3) is 0 Å². The summed E-state index contributed by atoms with van der Waals surface area (Å²) in [6.07, 6.45) is 2.90. The van der Waals surface area contributed by atoms with Gasteiger partial charge >= 0.3 is 0 Å². The lowest BCUT2D eigenvalue weighted by atomic mass is 9.99. The van der Waals surface area contributed by atoms with E-state index in [-0.39, 0.29) is 6.04 Å². The quantitative estimate of drug-likeness (QED) is 0.875. The highest BCUT2D eigenvalue weighted by Crippen LogP contribution is 2.24. The average molecular weight is 270 g/mol. The minimum absolute atomic E-state index is 0.00800. The summed E-state index contributed by atoms with van der Waals surface area (Å²) in [6, 6.07) is 12.0. The second kappa shape index (κ2) is 6.53. The van der Waals surface area contributed by atoms with Gasteiger partial charge in [0, 0.05) is 18.3 Å². The predicted molar refractivity (Wildman–Crippen MR) is 82.1 cm³/mol. The van der Waals surface area contributed by atoms with Gasteiger partial charge in [-0.1, -0.05) is 32.0 Å². The zero-order valence-corrected chi connectivity index (χ0v) is 12.3. The molecule has 0 bridgehead atoms. The van der Waals surface area contributed by atoms with Crippen molar-refractivity contribution in [2.75, 3.05) is 0 Å². The molecule has 2 rings (SSSR count). The highest BCUT2D eigenvalue weighted by molar-refractivity contribution is 5.32. The van der Waals surface area contributed by atoms with E-state index in [0.717, 1.165) is 17.7 Å². The van der Waals surface area contributed by atoms with Crippen molar-refractivity contribution in [2.45, 2.75) is 39.2 Å². The molecule has 1 heterocycles. The Kier molecular flexibility index (Phi) is 4.74. The summed E-state index contributed by atoms with van der Waals surface area (Å²) < 4.78 is 5.73. The molecule has 106 valence electrons. The zero-order chi connectivity index (χ0) is 14.5. The molecule has 2 aromatic rings. The highest BCUT2D eigenvalue weighted by Gasteiger charge is 2.05. The van der Waals surface area contributed by atoms with Crippen LogP contribution < -0.4 is 10.5 Å². The molecule has 1 aromatic heterocycles. The van der Waals surface area contributed by atoms with Crippen molar-refractivity contribution < 1.29 is 4.74 Å². The Labute approximate surface area is 120 Å². The van der Waals surface area contributed by atoms with E-state index in [1.54, 1.807) is 6.20 Å². The van der Waals surface area contributed by atoms with Crippen LogP contribution in [-0.2, 0) is 0 Å². The van der Waals surface area contributed by atoms with E-state index in [4.69, 9.17) is 10.5 Å². The number of hydrogen-bond acceptors (Lipinski definition) is 3. The van der Waals surface area contributed by atoms with Crippen molar-refractivity contribution in [3.63, 3.8) is 0 Å². The van der Waals surface area contributed by atoms with Crippen LogP contribution in [0.5, 0.6) is 11.6 Å². The molecule has 0 saturated carbocycles. The van der Waals surface area contributed by atoms with Crippen molar-refractivity contribution in [3.8, 4) is 11.6 Å². The summed E-state index contributed by atoms with van der Waals surface area (Å²) in [7, 11) is 0. The third-order valence-electron chi connectivity index (χ3n) is 3.57. The minimum Gasteiger partial charge on any atom is -0.439 e. The van der Waals surface area contributed by atoms with Crippen LogP contribution in [0.2, 0.25) is 0 Å². The fourth-order valence-corrected chi connectivity index (χ4v) is 1.94. The summed E-state index contributed by atoms with van der Waals surface area (Å²) in [6.45, 7) is 6.36. The molecule has 3 nitrogen and oxygen atoms in total. The van der Waals surface area contributed by atoms with Crippen LogP contribution in [0, 0.1) is 0 Å². The third-order valence-corrected chi connectivity index (χ3v) is 3.57. The first-order valence-corrected chi connectivity index (χ1v) is 7.09. The predicted octanol–water partition coefficient (Wildman–Crippen LogP) is 4.41. The van der Waals surface area contributed by atoms with E-state index in [1.165, 1.54) is 5.56 Å². The summed E-state index contributed by atoms with van der Waals surface area (Å²) in [5.41, 5.74) is 8.13. The molecular weight excluding hydrogens is 248 g/mol. The number of pyridine rings is 1. The molecule has 0 aliphatic heterocycles. The number of ether oxygens (including phenoxy) is 1. The highest BCUT2D eigenvalue weighted by atomic mass is 16.5. The summed E-state index contributed by atoms with van der Waals surface area (Å²) >= 11 is 0. The summed E-state index contributed by atoms with van der Waals surface area (Å²) in [4.78, 5) is 4.27. The van der Waals surface area contributed by atoms with Crippen LogP contribution in [0.15, 0.2) is 42.6 Å². The van der Waals surface area contributed by atoms with Gasteiger partial charge in [0.25, 0.3) is 0 Å². The Morgan fingerprint density at radius 1 is 1.05 bits per heavy atom. The first-order chi connectivity index (χ1) is 9.60. The summed E-state index contributed by atoms with van der Waals surface area (Å²) in [5.74, 6) is 1.97. The van der Waals surface area contributed by atoms with Crippen LogP contribution in [0.3, 0.4) is 0 Å². The number of rotatable bonds is 5. The Morgan fingerprint density at radius 2 is 1.70 bits per heavy atom. The summed E-state index contributed by atoms with van der Waals surface area (Å²) in [5, 5.41) is 0. The van der Waals surface area contributed by atoms with Gasteiger partial charge in [0.1, 0.15) is 5.75 Å². The monoisotopic (exact) mass is 270 g/mol. The Hall–Kier alpha value is -1.87. The lowest BCUT2D eigenvalue weighted by Gasteiger charge is -2.10. The first kappa shape index (κ1) is 14.5. The normalized spacial score (nSPS) is 13.8. The molecule has 1 unspecified atom stereocenters. The number of hydrogen-bond donors (Lipinski definition) is 1. The maximum atomic E-state index is 5.79. The Bertz CT molecular complexity index is 532. The molecular formula is C17H22N2O. The molecule has 0 radical (unpaired) electrons. The second-order valence-corrected chi connectivity index (χ2v) is 5.20. The van der Waals surface area contributed by atoms with Gasteiger partial charge in [-0.3, -0.25) is 0 Å². The average Bonchev–Trinajstić information content (AvgIpc) is 2.48. The fourth-order valence-electron chi connectivity index (χ4n) is 1.94. The Balaban J connectivity index is 2.06. The SMILES string of the molecule is CCC(C)c1ccc(Oc2ccc([C@@H](C)N)cn2)cc1. The van der Waals surface area contributed by atoms with Gasteiger partial charge in [-0.15, -0.1) is 0 Å². The number of aromatic nitrogens is 1. The molecule has 0 fully saturated rings. The number of nitrogens with zero attached hydrogens (tertiary/aromatic N) is 1. The largest absolute Gasteiger partial charge is 0.439 e. The van der Waals surface area contributed by atoms with E-state index < -0.39 is 0 Å². The van der Waals surface area contributed by atoms with Gasteiger partial charge in [0.05, 0.1) is 0 Å². The van der Waals surface area contributed by atoms with Crippen molar-refractivity contribution in [3.05, 3.63) is 53.7 Å². The molecule has 0 amide bonds. The number of nitrogens with two attached hydrogens (primary N) is 1. The van der Waals surface area contributed by atoms with Crippen molar-refractivity contribution >= 4 is 0 Å². The van der Waals surface area contributed by atoms with Crippen LogP contribution in [-0.4, -0.2) is 4.98 Å². The third kappa shape index (κ3) is 3.58. The topological polar surface area (TPSA) is 48.1 Å². The van der Waals surface area contributed by atoms with E-state index in [1.807, 2.05) is 31.2 Å². The first-order valence-electron chi connectivity index (χ1n) is 7.09. The van der Waals surface area contributed by atoms with Gasteiger partial charge < -0.3 is 10.5 Å². The van der Waals surface area contributed by atoms with E-state index in [0.29, 0.717) is 11.8 Å². The molecule has 2 atom stereocenters. The van der Waals surface area contributed by atoms with Gasteiger partial charge in [0.2, 0.25) is 5.88 Å². The van der Waals surface area contributed by atoms with Gasteiger partial charge in [-0.25, -0.2) is 4.98 Å². The molecule has 2 N–H and O–H groups in total. The molecule has 0 spiro atoms. The molecule has 0 aliphatic rings. The lowest BCUT2D eigenvalue weighted by Crippen LogP contribution is -2.05. The number of benzene rings is 1. The molecule has 3 heteroatoms. The van der Waals surface area contributed by atoms with Crippen molar-refractivity contribution in [1.82, 2.24) is 4.98 Å². The van der Waals surface area contributed by atoms with Crippen LogP contribution in [0.4, 0.5) is 0 Å². The van der Waals surface area contributed by atoms with E-state index >= 15 is 0 Å². The molecule has 0 aliphatic carbocycles. The maximum absolute atomic E-state index is 5.79. The zero-order valence-electron chi connectivity index (χ0n) is 12.3. The minimum atomic E-state index is -0.00800. The molecule has 1 aromatic carbocycles. The van der Waals surface area contributed by atoms with E-state index in [9.17, 15) is 0 Å². The van der Waals surface area contributed by atoms with Gasteiger partial charge in [-0.05, 0) is 42.5 Å². The van der Waals surface area contributed by atoms with Gasteiger partial charge in [-0.2, -0.15) is 0 Å². The maximum Gasteiger partial charge on any atom is 0.219 e. The standard InChI is InChI=1S/C17H22N2O/c1-4-12(2)14-5-8-16(9-6-14)20-17-10-7-15(11-19-17)13(3)18/h5-13H,4,18H2,1-3H3/t12?,13-/m1/s1. The van der Waals surface area contributed by atoms with E-state index in [2.05, 4.69) is 31.0 Å². The van der Waals surface area contributed by atoms with Crippen LogP contribution >= 0.6 is 0 Å². The van der Waals surface area contributed by atoms with Crippen molar-refractivity contribution in [2.24, 2.45) is 5.73 Å². The van der Waals surface area contributed by atoms with Gasteiger partial charge in [0.15, 0.2) is 0 Å². The second-order valence-electron chi connectivity index (χ2n) is 5.20. The Morgan fingerprint density at radius 3 is 2.20 bits per heavy atom. The lowest BCUT2D eigenvalue weighted by molar-refractivity contribution is 0.462. The molecule has 20 heavy (non-hydrogen) atoms. The van der Waals surface area contributed by atoms with Crippen molar-refractivity contribution in [1.29, 1.82) is 0 Å². The fraction of sp³-hybridized carbons (Fsp3) is 0.353. The molecule has 0 saturated heterocycles. The van der Waals surface area contributed by atoms with Crippen LogP contribution in [0.1, 0.15) is 50.3 Å².